The normalized spacial score (nSPS) is 20.1. The average molecular weight is 244 g/mol. The molecule has 1 unspecified atom stereocenters. The Morgan fingerprint density at radius 1 is 1.56 bits per heavy atom. The monoisotopic (exact) mass is 243 g/mol. The van der Waals surface area contributed by atoms with Crippen molar-refractivity contribution in [3.05, 3.63) is 28.0 Å². The first-order chi connectivity index (χ1) is 7.65. The Morgan fingerprint density at radius 3 is 2.88 bits per heavy atom. The van der Waals surface area contributed by atoms with Crippen molar-refractivity contribution < 1.29 is 9.13 Å². The lowest BCUT2D eigenvalue weighted by Gasteiger charge is -2.17. The number of aryl methyl sites for hydroxylation is 1. The zero-order valence-corrected chi connectivity index (χ0v) is 10.2. The van der Waals surface area contributed by atoms with Gasteiger partial charge in [-0.15, -0.1) is 0 Å². The van der Waals surface area contributed by atoms with Crippen molar-refractivity contribution in [3.8, 4) is 5.75 Å². The Bertz CT molecular complexity index is 402. The molecule has 1 aliphatic rings. The van der Waals surface area contributed by atoms with Crippen LogP contribution >= 0.6 is 11.6 Å². The quantitative estimate of drug-likeness (QED) is 0.863. The van der Waals surface area contributed by atoms with Gasteiger partial charge in [-0.1, -0.05) is 11.6 Å². The molecule has 0 bridgehead atoms. The van der Waals surface area contributed by atoms with Crippen LogP contribution in [-0.4, -0.2) is 20.2 Å². The third-order valence-electron chi connectivity index (χ3n) is 3.06. The van der Waals surface area contributed by atoms with E-state index in [2.05, 4.69) is 5.32 Å². The zero-order chi connectivity index (χ0) is 11.7. The zero-order valence-electron chi connectivity index (χ0n) is 9.44. The Kier molecular flexibility index (Phi) is 3.36. The molecule has 1 aromatic carbocycles. The minimum atomic E-state index is -0.185. The van der Waals surface area contributed by atoms with Gasteiger partial charge in [-0.25, -0.2) is 4.39 Å². The van der Waals surface area contributed by atoms with Crippen molar-refractivity contribution in [2.75, 3.05) is 20.2 Å². The highest BCUT2D eigenvalue weighted by atomic mass is 35.5. The molecule has 16 heavy (non-hydrogen) atoms. The summed E-state index contributed by atoms with van der Waals surface area (Å²) in [6.45, 7) is 3.43. The summed E-state index contributed by atoms with van der Waals surface area (Å²) in [7, 11) is 1.53. The summed E-state index contributed by atoms with van der Waals surface area (Å²) in [5.41, 5.74) is 1.20. The van der Waals surface area contributed by atoms with Crippen molar-refractivity contribution >= 4 is 11.6 Å². The molecule has 2 nitrogen and oxygen atoms in total. The number of nitrogens with one attached hydrogen (secondary N) is 1. The van der Waals surface area contributed by atoms with Crippen LogP contribution in [0.1, 0.15) is 23.5 Å². The van der Waals surface area contributed by atoms with E-state index in [0.29, 0.717) is 21.9 Å². The number of hydrogen-bond acceptors (Lipinski definition) is 2. The highest BCUT2D eigenvalue weighted by Gasteiger charge is 2.26. The number of halogens is 2. The fourth-order valence-electron chi connectivity index (χ4n) is 2.23. The molecule has 1 heterocycles. The Morgan fingerprint density at radius 2 is 2.31 bits per heavy atom. The molecule has 2 rings (SSSR count). The molecule has 0 radical (unpaired) electrons. The molecule has 0 spiro atoms. The third kappa shape index (κ3) is 1.89. The summed E-state index contributed by atoms with van der Waals surface area (Å²) in [5, 5.41) is 3.71. The second kappa shape index (κ2) is 4.60. The minimum absolute atomic E-state index is 0.160. The highest BCUT2D eigenvalue weighted by Crippen LogP contribution is 2.39. The number of methoxy groups -OCH3 is 1. The van der Waals surface area contributed by atoms with E-state index >= 15 is 0 Å². The van der Waals surface area contributed by atoms with Crippen molar-refractivity contribution in [2.24, 2.45) is 0 Å². The fraction of sp³-hybridized carbons (Fsp3) is 0.500. The summed E-state index contributed by atoms with van der Waals surface area (Å²) >= 11 is 6.07. The van der Waals surface area contributed by atoms with Gasteiger partial charge in [-0.2, -0.15) is 0 Å². The number of hydrogen-bond donors (Lipinski definition) is 1. The van der Waals surface area contributed by atoms with Crippen LogP contribution in [0.3, 0.4) is 0 Å². The first-order valence-corrected chi connectivity index (χ1v) is 5.76. The topological polar surface area (TPSA) is 21.3 Å². The van der Waals surface area contributed by atoms with Gasteiger partial charge in [0.05, 0.1) is 12.1 Å². The molecule has 0 saturated carbocycles. The van der Waals surface area contributed by atoms with Crippen LogP contribution in [-0.2, 0) is 0 Å². The Balaban J connectivity index is 2.54. The van der Waals surface area contributed by atoms with E-state index < -0.39 is 0 Å². The molecule has 1 N–H and O–H groups in total. The van der Waals surface area contributed by atoms with Crippen molar-refractivity contribution in [1.82, 2.24) is 5.32 Å². The van der Waals surface area contributed by atoms with Gasteiger partial charge in [0.2, 0.25) is 0 Å². The van der Waals surface area contributed by atoms with Gasteiger partial charge in [-0.3, -0.25) is 0 Å². The smallest absolute Gasteiger partial charge is 0.143 e. The standard InChI is InChI=1S/C12H15ClFNO/c1-7-5-9(13)12(16-2)10(11(7)14)8-3-4-15-6-8/h5,8,15H,3-4,6H2,1-2H3. The van der Waals surface area contributed by atoms with E-state index in [4.69, 9.17) is 16.3 Å². The first-order valence-electron chi connectivity index (χ1n) is 5.38. The lowest BCUT2D eigenvalue weighted by Crippen LogP contribution is -2.11. The molecule has 0 aliphatic carbocycles. The van der Waals surface area contributed by atoms with Crippen LogP contribution < -0.4 is 10.1 Å². The summed E-state index contributed by atoms with van der Waals surface area (Å²) in [5.74, 6) is 0.459. The summed E-state index contributed by atoms with van der Waals surface area (Å²) < 4.78 is 19.3. The molecule has 1 fully saturated rings. The maximum atomic E-state index is 14.1. The van der Waals surface area contributed by atoms with Crippen LogP contribution in [0.25, 0.3) is 0 Å². The molecule has 4 heteroatoms. The Hall–Kier alpha value is -0.800. The van der Waals surface area contributed by atoms with E-state index in [-0.39, 0.29) is 11.7 Å². The van der Waals surface area contributed by atoms with Crippen LogP contribution in [0.15, 0.2) is 6.07 Å². The molecule has 1 aromatic rings. The van der Waals surface area contributed by atoms with Gasteiger partial charge >= 0.3 is 0 Å². The van der Waals surface area contributed by atoms with Gasteiger partial charge < -0.3 is 10.1 Å². The SMILES string of the molecule is COc1c(Cl)cc(C)c(F)c1C1CCNC1. The van der Waals surface area contributed by atoms with E-state index in [1.54, 1.807) is 13.0 Å². The molecular weight excluding hydrogens is 229 g/mol. The van der Waals surface area contributed by atoms with Crippen LogP contribution in [0.2, 0.25) is 5.02 Å². The summed E-state index contributed by atoms with van der Waals surface area (Å²) in [6.07, 6.45) is 0.924. The molecule has 0 aromatic heterocycles. The van der Waals surface area contributed by atoms with Gasteiger partial charge in [0.1, 0.15) is 11.6 Å². The number of ether oxygens (including phenoxy) is 1. The first kappa shape index (κ1) is 11.7. The second-order valence-electron chi connectivity index (χ2n) is 4.13. The van der Waals surface area contributed by atoms with E-state index in [9.17, 15) is 4.39 Å². The van der Waals surface area contributed by atoms with Crippen LogP contribution in [0, 0.1) is 12.7 Å². The fourth-order valence-corrected chi connectivity index (χ4v) is 2.58. The molecule has 0 amide bonds. The maximum Gasteiger partial charge on any atom is 0.143 e. The summed E-state index contributed by atoms with van der Waals surface area (Å²) in [6, 6.07) is 1.61. The van der Waals surface area contributed by atoms with Gasteiger partial charge in [0.15, 0.2) is 0 Å². The lowest BCUT2D eigenvalue weighted by molar-refractivity contribution is 0.399. The van der Waals surface area contributed by atoms with Gasteiger partial charge in [0, 0.05) is 18.0 Å². The van der Waals surface area contributed by atoms with E-state index in [1.807, 2.05) is 0 Å². The minimum Gasteiger partial charge on any atom is -0.495 e. The van der Waals surface area contributed by atoms with E-state index in [1.165, 1.54) is 7.11 Å². The average Bonchev–Trinajstić information content (AvgIpc) is 2.76. The molecule has 1 saturated heterocycles. The lowest BCUT2D eigenvalue weighted by atomic mass is 9.95. The van der Waals surface area contributed by atoms with Crippen LogP contribution in [0.5, 0.6) is 5.75 Å². The van der Waals surface area contributed by atoms with Gasteiger partial charge in [0.25, 0.3) is 0 Å². The highest BCUT2D eigenvalue weighted by molar-refractivity contribution is 6.32. The summed E-state index contributed by atoms with van der Waals surface area (Å²) in [4.78, 5) is 0. The van der Waals surface area contributed by atoms with E-state index in [0.717, 1.165) is 19.5 Å². The number of rotatable bonds is 2. The number of benzene rings is 1. The van der Waals surface area contributed by atoms with Crippen LogP contribution in [0.4, 0.5) is 4.39 Å². The molecule has 1 aliphatic heterocycles. The van der Waals surface area contributed by atoms with Gasteiger partial charge in [-0.05, 0) is 31.5 Å². The molecule has 1 atom stereocenters. The predicted molar refractivity (Wildman–Crippen MR) is 62.9 cm³/mol. The molecular formula is C12H15ClFNO. The van der Waals surface area contributed by atoms with Crippen molar-refractivity contribution in [1.29, 1.82) is 0 Å². The Labute approximate surface area is 99.7 Å². The third-order valence-corrected chi connectivity index (χ3v) is 3.34. The maximum absolute atomic E-state index is 14.1. The second-order valence-corrected chi connectivity index (χ2v) is 4.53. The largest absolute Gasteiger partial charge is 0.495 e. The van der Waals surface area contributed by atoms with Crippen molar-refractivity contribution in [3.63, 3.8) is 0 Å². The molecule has 88 valence electrons. The van der Waals surface area contributed by atoms with Crippen molar-refractivity contribution in [2.45, 2.75) is 19.3 Å². The predicted octanol–water partition coefficient (Wildman–Crippen LogP) is 2.87.